The van der Waals surface area contributed by atoms with E-state index in [1.807, 2.05) is 7.05 Å². The molecule has 0 aliphatic rings. The monoisotopic (exact) mass is 350 g/mol. The Kier molecular flexibility index (Phi) is 4.63. The number of aromatic nitrogens is 5. The van der Waals surface area contributed by atoms with Gasteiger partial charge in [-0.05, 0) is 24.3 Å². The Bertz CT molecular complexity index is 816. The number of aryl methyl sites for hydroxylation is 1. The van der Waals surface area contributed by atoms with Crippen molar-refractivity contribution in [2.75, 3.05) is 5.32 Å². The first kappa shape index (κ1) is 15.6. The number of carbonyl (C=O) groups excluding carboxylic acids is 1. The van der Waals surface area contributed by atoms with Gasteiger partial charge in [-0.3, -0.25) is 4.79 Å². The molecule has 0 radical (unpaired) electrons. The van der Waals surface area contributed by atoms with Crippen molar-refractivity contribution in [1.82, 2.24) is 25.0 Å². The molecule has 2 aromatic heterocycles. The van der Waals surface area contributed by atoms with E-state index in [0.29, 0.717) is 16.4 Å². The summed E-state index contributed by atoms with van der Waals surface area (Å²) in [5.74, 6) is -0.181. The zero-order chi connectivity index (χ0) is 16.2. The number of hydrogen-bond donors (Lipinski definition) is 1. The SMILES string of the molecule is Cn1cnnc1SCc1nnc(C(=O)Nc2ccc(F)cc2)s1. The van der Waals surface area contributed by atoms with Crippen LogP contribution in [0.15, 0.2) is 35.7 Å². The standard InChI is InChI=1S/C13H11FN6OS2/c1-20-7-15-19-13(20)22-6-10-17-18-12(23-10)11(21)16-9-4-2-8(14)3-5-9/h2-5,7H,6H2,1H3,(H,16,21). The molecular weight excluding hydrogens is 339 g/mol. The molecule has 0 spiro atoms. The molecule has 7 nitrogen and oxygen atoms in total. The Labute approximate surface area is 139 Å². The highest BCUT2D eigenvalue weighted by atomic mass is 32.2. The van der Waals surface area contributed by atoms with Gasteiger partial charge in [-0.1, -0.05) is 23.1 Å². The van der Waals surface area contributed by atoms with Crippen LogP contribution in [0.4, 0.5) is 10.1 Å². The number of amides is 1. The highest BCUT2D eigenvalue weighted by Crippen LogP contribution is 2.22. The van der Waals surface area contributed by atoms with E-state index in [2.05, 4.69) is 25.7 Å². The Hall–Kier alpha value is -2.33. The summed E-state index contributed by atoms with van der Waals surface area (Å²) in [7, 11) is 1.85. The number of halogens is 1. The number of rotatable bonds is 5. The lowest BCUT2D eigenvalue weighted by Crippen LogP contribution is -2.11. The van der Waals surface area contributed by atoms with Gasteiger partial charge in [-0.25, -0.2) is 4.39 Å². The summed E-state index contributed by atoms with van der Waals surface area (Å²) >= 11 is 2.67. The highest BCUT2D eigenvalue weighted by Gasteiger charge is 2.14. The van der Waals surface area contributed by atoms with Crippen LogP contribution in [-0.4, -0.2) is 30.9 Å². The van der Waals surface area contributed by atoms with E-state index >= 15 is 0 Å². The number of nitrogens with zero attached hydrogens (tertiary/aromatic N) is 5. The van der Waals surface area contributed by atoms with Crippen molar-refractivity contribution in [2.24, 2.45) is 7.05 Å². The fourth-order valence-corrected chi connectivity index (χ4v) is 3.26. The Morgan fingerprint density at radius 3 is 2.78 bits per heavy atom. The molecule has 0 aliphatic carbocycles. The van der Waals surface area contributed by atoms with Gasteiger partial charge in [-0.15, -0.1) is 20.4 Å². The topological polar surface area (TPSA) is 85.6 Å². The van der Waals surface area contributed by atoms with Crippen molar-refractivity contribution in [3.8, 4) is 0 Å². The lowest BCUT2D eigenvalue weighted by molar-refractivity contribution is 0.102. The minimum Gasteiger partial charge on any atom is -0.320 e. The van der Waals surface area contributed by atoms with Crippen LogP contribution in [0.25, 0.3) is 0 Å². The molecule has 0 aliphatic heterocycles. The quantitative estimate of drug-likeness (QED) is 0.711. The second-order valence-corrected chi connectivity index (χ2v) is 6.48. The smallest absolute Gasteiger partial charge is 0.286 e. The largest absolute Gasteiger partial charge is 0.320 e. The van der Waals surface area contributed by atoms with Crippen LogP contribution in [0.3, 0.4) is 0 Å². The van der Waals surface area contributed by atoms with Crippen molar-refractivity contribution < 1.29 is 9.18 Å². The van der Waals surface area contributed by atoms with Crippen molar-refractivity contribution in [3.05, 3.63) is 46.4 Å². The van der Waals surface area contributed by atoms with E-state index in [0.717, 1.165) is 5.16 Å². The van der Waals surface area contributed by atoms with Crippen LogP contribution >= 0.6 is 23.1 Å². The summed E-state index contributed by atoms with van der Waals surface area (Å²) in [6, 6.07) is 5.52. The normalized spacial score (nSPS) is 10.7. The second-order valence-electron chi connectivity index (χ2n) is 4.48. The van der Waals surface area contributed by atoms with E-state index in [9.17, 15) is 9.18 Å². The summed E-state index contributed by atoms with van der Waals surface area (Å²) in [6.07, 6.45) is 1.62. The molecule has 1 N–H and O–H groups in total. The third-order valence-electron chi connectivity index (χ3n) is 2.76. The number of hydrogen-bond acceptors (Lipinski definition) is 7. The summed E-state index contributed by atoms with van der Waals surface area (Å²) in [5.41, 5.74) is 0.501. The van der Waals surface area contributed by atoms with Crippen molar-refractivity contribution >= 4 is 34.7 Å². The molecule has 118 valence electrons. The number of carbonyl (C=O) groups is 1. The summed E-state index contributed by atoms with van der Waals surface area (Å²) in [6.45, 7) is 0. The maximum atomic E-state index is 12.8. The zero-order valence-corrected chi connectivity index (χ0v) is 13.6. The Morgan fingerprint density at radius 2 is 2.09 bits per heavy atom. The molecule has 3 rings (SSSR count). The van der Waals surface area contributed by atoms with Crippen LogP contribution in [0.5, 0.6) is 0 Å². The number of nitrogens with one attached hydrogen (secondary N) is 1. The average Bonchev–Trinajstić information content (AvgIpc) is 3.16. The van der Waals surface area contributed by atoms with Crippen molar-refractivity contribution in [3.63, 3.8) is 0 Å². The fraction of sp³-hybridized carbons (Fsp3) is 0.154. The maximum Gasteiger partial charge on any atom is 0.286 e. The Morgan fingerprint density at radius 1 is 1.30 bits per heavy atom. The lowest BCUT2D eigenvalue weighted by atomic mass is 10.3. The predicted octanol–water partition coefficient (Wildman–Crippen LogP) is 2.35. The van der Waals surface area contributed by atoms with Gasteiger partial charge in [0.05, 0.1) is 5.75 Å². The summed E-state index contributed by atoms with van der Waals surface area (Å²) < 4.78 is 14.6. The van der Waals surface area contributed by atoms with Gasteiger partial charge in [0.25, 0.3) is 5.91 Å². The highest BCUT2D eigenvalue weighted by molar-refractivity contribution is 7.98. The minimum absolute atomic E-state index is 0.253. The molecule has 0 saturated carbocycles. The van der Waals surface area contributed by atoms with Crippen LogP contribution in [0, 0.1) is 5.82 Å². The first-order chi connectivity index (χ1) is 11.1. The summed E-state index contributed by atoms with van der Waals surface area (Å²) in [5, 5.41) is 20.0. The number of thioether (sulfide) groups is 1. The number of anilines is 1. The van der Waals surface area contributed by atoms with Gasteiger partial charge in [0.15, 0.2) is 5.16 Å². The first-order valence-electron chi connectivity index (χ1n) is 6.48. The average molecular weight is 350 g/mol. The maximum absolute atomic E-state index is 12.8. The van der Waals surface area contributed by atoms with Gasteiger partial charge in [0.2, 0.25) is 5.01 Å². The number of benzene rings is 1. The molecular formula is C13H11FN6OS2. The van der Waals surface area contributed by atoms with Gasteiger partial charge in [0.1, 0.15) is 17.2 Å². The zero-order valence-electron chi connectivity index (χ0n) is 11.9. The first-order valence-corrected chi connectivity index (χ1v) is 8.28. The van der Waals surface area contributed by atoms with Crippen LogP contribution < -0.4 is 5.32 Å². The van der Waals surface area contributed by atoms with E-state index in [1.54, 1.807) is 10.9 Å². The molecule has 0 bridgehead atoms. The molecule has 0 saturated heterocycles. The third-order valence-corrected chi connectivity index (χ3v) is 4.91. The van der Waals surface area contributed by atoms with E-state index < -0.39 is 0 Å². The Balaban J connectivity index is 1.60. The van der Waals surface area contributed by atoms with Crippen molar-refractivity contribution in [1.29, 1.82) is 0 Å². The van der Waals surface area contributed by atoms with Gasteiger partial charge < -0.3 is 9.88 Å². The van der Waals surface area contributed by atoms with E-state index in [4.69, 9.17) is 0 Å². The van der Waals surface area contributed by atoms with Crippen LogP contribution in [-0.2, 0) is 12.8 Å². The van der Waals surface area contributed by atoms with E-state index in [1.165, 1.54) is 47.4 Å². The van der Waals surface area contributed by atoms with Crippen molar-refractivity contribution in [2.45, 2.75) is 10.9 Å². The second kappa shape index (κ2) is 6.84. The third kappa shape index (κ3) is 3.90. The van der Waals surface area contributed by atoms with Gasteiger partial charge in [0, 0.05) is 12.7 Å². The molecule has 3 aromatic rings. The molecule has 0 fully saturated rings. The fourth-order valence-electron chi connectivity index (χ4n) is 1.65. The van der Waals surface area contributed by atoms with Crippen LogP contribution in [0.1, 0.15) is 14.8 Å². The van der Waals surface area contributed by atoms with Gasteiger partial charge >= 0.3 is 0 Å². The molecule has 0 unspecified atom stereocenters. The molecule has 23 heavy (non-hydrogen) atoms. The molecule has 1 amide bonds. The van der Waals surface area contributed by atoms with E-state index in [-0.39, 0.29) is 16.7 Å². The predicted molar refractivity (Wildman–Crippen MR) is 84.8 cm³/mol. The molecule has 0 atom stereocenters. The molecule has 10 heteroatoms. The lowest BCUT2D eigenvalue weighted by Gasteiger charge is -2.01. The van der Waals surface area contributed by atoms with Gasteiger partial charge in [-0.2, -0.15) is 0 Å². The summed E-state index contributed by atoms with van der Waals surface area (Å²) in [4.78, 5) is 12.1. The van der Waals surface area contributed by atoms with Crippen LogP contribution in [0.2, 0.25) is 0 Å². The minimum atomic E-state index is -0.371. The molecule has 2 heterocycles. The molecule has 1 aromatic carbocycles.